The van der Waals surface area contributed by atoms with E-state index in [0.29, 0.717) is 50.9 Å². The van der Waals surface area contributed by atoms with Gasteiger partial charge in [0.05, 0.1) is 33.5 Å². The average Bonchev–Trinajstić information content (AvgIpc) is 3.22. The molecule has 3 heterocycles. The van der Waals surface area contributed by atoms with E-state index in [2.05, 4.69) is 4.57 Å². The highest BCUT2D eigenvalue weighted by Gasteiger charge is 2.41. The molecular weight excluding hydrogens is 382 g/mol. The van der Waals surface area contributed by atoms with Gasteiger partial charge in [0.25, 0.3) is 10.2 Å². The van der Waals surface area contributed by atoms with Gasteiger partial charge in [-0.25, -0.2) is 0 Å². The first-order valence-corrected chi connectivity index (χ1v) is 10.7. The summed E-state index contributed by atoms with van der Waals surface area (Å²) < 4.78 is 48.5. The molecule has 2 aromatic rings. The van der Waals surface area contributed by atoms with Crippen molar-refractivity contribution < 1.29 is 22.6 Å². The molecule has 1 saturated heterocycles. The Morgan fingerprint density at radius 1 is 1.04 bits per heavy atom. The fourth-order valence-corrected chi connectivity index (χ4v) is 5.61. The lowest BCUT2D eigenvalue weighted by Gasteiger charge is -2.40. The molecule has 4 rings (SSSR count). The number of morpholine rings is 1. The lowest BCUT2D eigenvalue weighted by Crippen LogP contribution is -2.52. The Bertz CT molecular complexity index is 937. The van der Waals surface area contributed by atoms with E-state index in [4.69, 9.17) is 14.2 Å². The van der Waals surface area contributed by atoms with Crippen LogP contribution in [0.4, 0.5) is 0 Å². The van der Waals surface area contributed by atoms with E-state index in [0.717, 1.165) is 11.3 Å². The van der Waals surface area contributed by atoms with E-state index in [1.165, 1.54) is 4.31 Å². The predicted molar refractivity (Wildman–Crippen MR) is 104 cm³/mol. The number of rotatable bonds is 5. The van der Waals surface area contributed by atoms with Crippen LogP contribution in [-0.4, -0.2) is 68.7 Å². The van der Waals surface area contributed by atoms with Crippen molar-refractivity contribution in [3.63, 3.8) is 0 Å². The third-order valence-corrected chi connectivity index (χ3v) is 7.32. The Hall–Kier alpha value is -2.07. The quantitative estimate of drug-likeness (QED) is 0.751. The number of nitrogens with zero attached hydrogens (tertiary/aromatic N) is 3. The van der Waals surface area contributed by atoms with Gasteiger partial charge in [0, 0.05) is 43.6 Å². The number of benzene rings is 1. The van der Waals surface area contributed by atoms with E-state index < -0.39 is 16.3 Å². The van der Waals surface area contributed by atoms with E-state index in [1.54, 1.807) is 18.5 Å². The lowest BCUT2D eigenvalue weighted by molar-refractivity contribution is 0.0689. The molecule has 1 unspecified atom stereocenters. The van der Waals surface area contributed by atoms with Gasteiger partial charge < -0.3 is 18.8 Å². The Morgan fingerprint density at radius 3 is 2.54 bits per heavy atom. The van der Waals surface area contributed by atoms with Crippen molar-refractivity contribution in [3.8, 4) is 11.5 Å². The summed E-state index contributed by atoms with van der Waals surface area (Å²) in [5.41, 5.74) is 1.67. The molecule has 2 aliphatic heterocycles. The van der Waals surface area contributed by atoms with E-state index in [-0.39, 0.29) is 0 Å². The zero-order valence-corrected chi connectivity index (χ0v) is 16.9. The molecule has 0 N–H and O–H groups in total. The van der Waals surface area contributed by atoms with E-state index in [1.807, 2.05) is 36.5 Å². The number of ether oxygens (including phenoxy) is 3. The van der Waals surface area contributed by atoms with Gasteiger partial charge in [0.2, 0.25) is 0 Å². The van der Waals surface area contributed by atoms with Crippen molar-refractivity contribution in [1.82, 2.24) is 13.2 Å². The van der Waals surface area contributed by atoms with Crippen LogP contribution in [0.5, 0.6) is 11.5 Å². The van der Waals surface area contributed by atoms with Crippen LogP contribution in [0.1, 0.15) is 17.3 Å². The highest BCUT2D eigenvalue weighted by atomic mass is 32.2. The monoisotopic (exact) mass is 407 g/mol. The van der Waals surface area contributed by atoms with Crippen LogP contribution in [0.15, 0.2) is 36.5 Å². The first-order valence-electron chi connectivity index (χ1n) is 9.28. The summed E-state index contributed by atoms with van der Waals surface area (Å²) in [5.74, 6) is 1.28. The Kier molecular flexibility index (Phi) is 5.33. The molecule has 0 saturated carbocycles. The molecule has 9 heteroatoms. The normalized spacial score (nSPS) is 21.3. The van der Waals surface area contributed by atoms with Crippen LogP contribution in [0, 0.1) is 0 Å². The minimum Gasteiger partial charge on any atom is -0.497 e. The average molecular weight is 407 g/mol. The maximum atomic E-state index is 13.5. The highest BCUT2D eigenvalue weighted by Crippen LogP contribution is 2.41. The summed E-state index contributed by atoms with van der Waals surface area (Å²) in [6, 6.07) is 8.89. The van der Waals surface area contributed by atoms with Crippen LogP contribution >= 0.6 is 0 Å². The molecule has 0 aliphatic carbocycles. The second-order valence-corrected chi connectivity index (χ2v) is 8.65. The van der Waals surface area contributed by atoms with Crippen molar-refractivity contribution in [2.24, 2.45) is 0 Å². The van der Waals surface area contributed by atoms with Gasteiger partial charge in [-0.1, -0.05) is 0 Å². The zero-order valence-electron chi connectivity index (χ0n) is 16.1. The number of hydrogen-bond donors (Lipinski definition) is 0. The second kappa shape index (κ2) is 7.75. The van der Waals surface area contributed by atoms with Crippen LogP contribution in [-0.2, 0) is 21.5 Å². The summed E-state index contributed by atoms with van der Waals surface area (Å²) in [6.07, 6.45) is 1.98. The maximum Gasteiger partial charge on any atom is 0.283 e. The van der Waals surface area contributed by atoms with Crippen molar-refractivity contribution in [2.75, 3.05) is 47.1 Å². The van der Waals surface area contributed by atoms with Crippen LogP contribution in [0.25, 0.3) is 0 Å². The number of methoxy groups -OCH3 is 2. The van der Waals surface area contributed by atoms with Crippen molar-refractivity contribution in [2.45, 2.75) is 12.6 Å². The topological polar surface area (TPSA) is 73.2 Å². The molecule has 1 atom stereocenters. The van der Waals surface area contributed by atoms with E-state index in [9.17, 15) is 8.42 Å². The summed E-state index contributed by atoms with van der Waals surface area (Å²) >= 11 is 0. The Balaban J connectivity index is 1.83. The molecular formula is C19H25N3O5S. The molecule has 0 amide bonds. The van der Waals surface area contributed by atoms with Gasteiger partial charge in [-0.2, -0.15) is 17.0 Å². The van der Waals surface area contributed by atoms with Gasteiger partial charge in [0.1, 0.15) is 11.5 Å². The van der Waals surface area contributed by atoms with Crippen LogP contribution in [0.3, 0.4) is 0 Å². The molecule has 0 radical (unpaired) electrons. The maximum absolute atomic E-state index is 13.5. The molecule has 1 aromatic heterocycles. The van der Waals surface area contributed by atoms with E-state index >= 15 is 0 Å². The molecule has 1 fully saturated rings. The molecule has 8 nitrogen and oxygen atoms in total. The van der Waals surface area contributed by atoms with Gasteiger partial charge >= 0.3 is 0 Å². The highest BCUT2D eigenvalue weighted by molar-refractivity contribution is 7.86. The predicted octanol–water partition coefficient (Wildman–Crippen LogP) is 1.49. The molecule has 2 aliphatic rings. The van der Waals surface area contributed by atoms with Crippen molar-refractivity contribution in [3.05, 3.63) is 47.8 Å². The largest absolute Gasteiger partial charge is 0.497 e. The third kappa shape index (κ3) is 3.28. The van der Waals surface area contributed by atoms with Crippen LogP contribution in [0.2, 0.25) is 0 Å². The molecule has 0 spiro atoms. The molecule has 152 valence electrons. The first-order chi connectivity index (χ1) is 13.6. The number of aromatic nitrogens is 1. The standard InChI is InChI=1S/C19H25N3O5S/c1-25-15-5-6-18(26-2)16(14-15)19-17-4-3-7-20(17)8-9-22(19)28(23,24)21-10-12-27-13-11-21/h3-7,14,19H,8-13H2,1-2H3. The van der Waals surface area contributed by atoms with Crippen molar-refractivity contribution in [1.29, 1.82) is 0 Å². The minimum atomic E-state index is -3.67. The summed E-state index contributed by atoms with van der Waals surface area (Å²) in [5, 5.41) is 0. The smallest absolute Gasteiger partial charge is 0.283 e. The van der Waals surface area contributed by atoms with Crippen molar-refractivity contribution >= 4 is 10.2 Å². The van der Waals surface area contributed by atoms with Gasteiger partial charge in [-0.3, -0.25) is 0 Å². The number of fused-ring (bicyclic) bond motifs is 1. The summed E-state index contributed by atoms with van der Waals surface area (Å²) in [7, 11) is -0.485. The second-order valence-electron chi connectivity index (χ2n) is 6.77. The number of hydrogen-bond acceptors (Lipinski definition) is 5. The van der Waals surface area contributed by atoms with Gasteiger partial charge in [0.15, 0.2) is 0 Å². The third-order valence-electron chi connectivity index (χ3n) is 5.32. The zero-order chi connectivity index (χ0) is 19.7. The summed E-state index contributed by atoms with van der Waals surface area (Å²) in [4.78, 5) is 0. The SMILES string of the molecule is COc1ccc(OC)c(C2c3cccn3CCN2S(=O)(=O)N2CCOCC2)c1. The lowest BCUT2D eigenvalue weighted by atomic mass is 10.0. The summed E-state index contributed by atoms with van der Waals surface area (Å²) in [6.45, 7) is 2.54. The molecule has 1 aromatic carbocycles. The molecule has 28 heavy (non-hydrogen) atoms. The fraction of sp³-hybridized carbons (Fsp3) is 0.474. The fourth-order valence-electron chi connectivity index (χ4n) is 3.90. The minimum absolute atomic E-state index is 0.363. The van der Waals surface area contributed by atoms with Gasteiger partial charge in [-0.15, -0.1) is 0 Å². The Labute approximate surface area is 165 Å². The Morgan fingerprint density at radius 2 is 1.82 bits per heavy atom. The molecule has 0 bridgehead atoms. The van der Waals surface area contributed by atoms with Crippen LogP contribution < -0.4 is 9.47 Å². The first kappa shape index (κ1) is 19.3. The van der Waals surface area contributed by atoms with Gasteiger partial charge in [-0.05, 0) is 30.3 Å².